The summed E-state index contributed by atoms with van der Waals surface area (Å²) >= 11 is 0. The van der Waals surface area contributed by atoms with Crippen LogP contribution in [0.4, 0.5) is 0 Å². The van der Waals surface area contributed by atoms with Crippen molar-refractivity contribution in [1.29, 1.82) is 0 Å². The average Bonchev–Trinajstić information content (AvgIpc) is 3.10. The summed E-state index contributed by atoms with van der Waals surface area (Å²) in [5.74, 6) is 0.651. The van der Waals surface area contributed by atoms with Crippen molar-refractivity contribution in [2.45, 2.75) is 64.3 Å². The molecule has 24 heavy (non-hydrogen) atoms. The lowest BCUT2D eigenvalue weighted by molar-refractivity contribution is -0.0513. The normalized spacial score (nSPS) is 21.0. The second-order valence-electron chi connectivity index (χ2n) is 6.46. The Morgan fingerprint density at radius 1 is 1.12 bits per heavy atom. The molecule has 0 bridgehead atoms. The van der Waals surface area contributed by atoms with E-state index in [4.69, 9.17) is 13.9 Å². The van der Waals surface area contributed by atoms with E-state index in [2.05, 4.69) is 11.9 Å². The molecule has 1 saturated carbocycles. The maximum Gasteiger partial charge on any atom is 0.226 e. The maximum absolute atomic E-state index is 6.05. The molecule has 0 aliphatic heterocycles. The maximum atomic E-state index is 6.05. The highest BCUT2D eigenvalue weighted by Crippen LogP contribution is 2.25. The number of unbranched alkanes of at least 4 members (excludes halogenated alkanes) is 1. The highest BCUT2D eigenvalue weighted by molar-refractivity contribution is 5.52. The van der Waals surface area contributed by atoms with E-state index in [1.54, 1.807) is 6.26 Å². The van der Waals surface area contributed by atoms with Gasteiger partial charge in [-0.1, -0.05) is 31.5 Å². The van der Waals surface area contributed by atoms with E-state index in [0.29, 0.717) is 18.6 Å². The largest absolute Gasteiger partial charge is 0.444 e. The van der Waals surface area contributed by atoms with Crippen molar-refractivity contribution in [3.8, 4) is 11.5 Å². The number of benzene rings is 1. The minimum absolute atomic E-state index is 0.266. The lowest BCUT2D eigenvalue weighted by atomic mass is 9.95. The van der Waals surface area contributed by atoms with E-state index in [9.17, 15) is 0 Å². The summed E-state index contributed by atoms with van der Waals surface area (Å²) < 4.78 is 17.6. The van der Waals surface area contributed by atoms with Crippen LogP contribution in [-0.2, 0) is 16.1 Å². The van der Waals surface area contributed by atoms with Gasteiger partial charge in [0.2, 0.25) is 5.89 Å². The van der Waals surface area contributed by atoms with Crippen LogP contribution in [0.5, 0.6) is 0 Å². The number of hydrogen-bond donors (Lipinski definition) is 0. The molecule has 0 spiro atoms. The molecule has 0 amide bonds. The number of rotatable bonds is 8. The molecule has 1 aromatic carbocycles. The van der Waals surface area contributed by atoms with Gasteiger partial charge < -0.3 is 13.9 Å². The van der Waals surface area contributed by atoms with Crippen molar-refractivity contribution in [3.63, 3.8) is 0 Å². The Hall–Kier alpha value is -1.65. The molecule has 1 aromatic heterocycles. The zero-order valence-corrected chi connectivity index (χ0v) is 14.4. The minimum Gasteiger partial charge on any atom is -0.444 e. The number of oxazole rings is 1. The van der Waals surface area contributed by atoms with Crippen molar-refractivity contribution in [1.82, 2.24) is 4.98 Å². The van der Waals surface area contributed by atoms with E-state index in [1.807, 2.05) is 30.3 Å². The lowest BCUT2D eigenvalue weighted by Crippen LogP contribution is -2.28. The first kappa shape index (κ1) is 17.2. The molecule has 2 atom stereocenters. The van der Waals surface area contributed by atoms with Crippen LogP contribution in [0.3, 0.4) is 0 Å². The first-order valence-electron chi connectivity index (χ1n) is 9.08. The third-order valence-corrected chi connectivity index (χ3v) is 4.47. The van der Waals surface area contributed by atoms with Gasteiger partial charge in [0.15, 0.2) is 0 Å². The average molecular weight is 329 g/mol. The van der Waals surface area contributed by atoms with Gasteiger partial charge in [0.05, 0.1) is 18.8 Å². The van der Waals surface area contributed by atoms with E-state index in [0.717, 1.165) is 43.5 Å². The highest BCUT2D eigenvalue weighted by atomic mass is 16.5. The van der Waals surface area contributed by atoms with Crippen molar-refractivity contribution in [2.75, 3.05) is 6.61 Å². The van der Waals surface area contributed by atoms with Gasteiger partial charge in [0.25, 0.3) is 0 Å². The Morgan fingerprint density at radius 2 is 1.92 bits per heavy atom. The molecular formula is C20H27NO3. The topological polar surface area (TPSA) is 44.5 Å². The molecule has 1 aliphatic rings. The van der Waals surface area contributed by atoms with Crippen LogP contribution in [0.15, 0.2) is 41.0 Å². The van der Waals surface area contributed by atoms with Gasteiger partial charge in [-0.2, -0.15) is 0 Å². The second-order valence-corrected chi connectivity index (χ2v) is 6.46. The van der Waals surface area contributed by atoms with Crippen LogP contribution in [0.2, 0.25) is 0 Å². The monoisotopic (exact) mass is 329 g/mol. The van der Waals surface area contributed by atoms with Gasteiger partial charge >= 0.3 is 0 Å². The Labute approximate surface area is 144 Å². The molecule has 1 heterocycles. The molecular weight excluding hydrogens is 302 g/mol. The predicted octanol–water partition coefficient (Wildman–Crippen LogP) is 4.99. The first-order valence-corrected chi connectivity index (χ1v) is 9.08. The van der Waals surface area contributed by atoms with Gasteiger partial charge in [-0.3, -0.25) is 0 Å². The predicted molar refractivity (Wildman–Crippen MR) is 93.6 cm³/mol. The summed E-state index contributed by atoms with van der Waals surface area (Å²) in [6.45, 7) is 3.57. The zero-order valence-electron chi connectivity index (χ0n) is 14.4. The Bertz CT molecular complexity index is 596. The van der Waals surface area contributed by atoms with Crippen molar-refractivity contribution >= 4 is 0 Å². The second kappa shape index (κ2) is 9.00. The van der Waals surface area contributed by atoms with Crippen LogP contribution < -0.4 is 0 Å². The Kier molecular flexibility index (Phi) is 6.44. The fraction of sp³-hybridized carbons (Fsp3) is 0.550. The summed E-state index contributed by atoms with van der Waals surface area (Å²) in [5.41, 5.74) is 1.84. The molecule has 130 valence electrons. The fourth-order valence-corrected chi connectivity index (χ4v) is 3.09. The van der Waals surface area contributed by atoms with Gasteiger partial charge in [-0.25, -0.2) is 4.98 Å². The van der Waals surface area contributed by atoms with Gasteiger partial charge in [-0.05, 0) is 44.2 Å². The molecule has 0 N–H and O–H groups in total. The number of hydrogen-bond acceptors (Lipinski definition) is 4. The molecule has 4 nitrogen and oxygen atoms in total. The summed E-state index contributed by atoms with van der Waals surface area (Å²) in [5, 5.41) is 0. The first-order chi connectivity index (χ1) is 11.8. The van der Waals surface area contributed by atoms with Crippen LogP contribution in [0.1, 0.15) is 51.1 Å². The summed E-state index contributed by atoms with van der Waals surface area (Å²) in [6, 6.07) is 9.94. The molecule has 2 aromatic rings. The molecule has 1 aliphatic carbocycles. The van der Waals surface area contributed by atoms with Crippen molar-refractivity contribution < 1.29 is 13.9 Å². The van der Waals surface area contributed by atoms with Gasteiger partial charge in [0, 0.05) is 12.2 Å². The molecule has 0 saturated heterocycles. The quantitative estimate of drug-likeness (QED) is 0.640. The zero-order chi connectivity index (χ0) is 16.6. The summed E-state index contributed by atoms with van der Waals surface area (Å²) in [6.07, 6.45) is 9.08. The SMILES string of the molecule is CCCCOC1CCCC(OCc2coc(-c3ccccc3)n2)C1. The summed E-state index contributed by atoms with van der Waals surface area (Å²) in [4.78, 5) is 4.52. The molecule has 4 heteroatoms. The van der Waals surface area contributed by atoms with Crippen molar-refractivity contribution in [3.05, 3.63) is 42.3 Å². The lowest BCUT2D eigenvalue weighted by Gasteiger charge is -2.29. The van der Waals surface area contributed by atoms with E-state index < -0.39 is 0 Å². The Balaban J connectivity index is 1.46. The number of ether oxygens (including phenoxy) is 2. The van der Waals surface area contributed by atoms with Crippen LogP contribution in [-0.4, -0.2) is 23.8 Å². The van der Waals surface area contributed by atoms with E-state index in [1.165, 1.54) is 12.8 Å². The van der Waals surface area contributed by atoms with Gasteiger partial charge in [0.1, 0.15) is 12.0 Å². The van der Waals surface area contributed by atoms with E-state index >= 15 is 0 Å². The van der Waals surface area contributed by atoms with Crippen molar-refractivity contribution in [2.24, 2.45) is 0 Å². The Morgan fingerprint density at radius 3 is 2.71 bits per heavy atom. The minimum atomic E-state index is 0.266. The smallest absolute Gasteiger partial charge is 0.226 e. The molecule has 2 unspecified atom stereocenters. The highest BCUT2D eigenvalue weighted by Gasteiger charge is 2.23. The molecule has 3 rings (SSSR count). The van der Waals surface area contributed by atoms with Crippen LogP contribution >= 0.6 is 0 Å². The fourth-order valence-electron chi connectivity index (χ4n) is 3.09. The third kappa shape index (κ3) is 4.92. The van der Waals surface area contributed by atoms with Gasteiger partial charge in [-0.15, -0.1) is 0 Å². The molecule has 0 radical (unpaired) electrons. The summed E-state index contributed by atoms with van der Waals surface area (Å²) in [7, 11) is 0. The third-order valence-electron chi connectivity index (χ3n) is 4.47. The molecule has 1 fully saturated rings. The number of nitrogens with zero attached hydrogens (tertiary/aromatic N) is 1. The standard InChI is InChI=1S/C20H27NO3/c1-2-3-12-22-18-10-7-11-19(13-18)23-14-17-15-24-20(21-17)16-8-5-4-6-9-16/h4-6,8-9,15,18-19H,2-3,7,10-14H2,1H3. The van der Waals surface area contributed by atoms with Crippen LogP contribution in [0, 0.1) is 0 Å². The van der Waals surface area contributed by atoms with E-state index in [-0.39, 0.29) is 6.10 Å². The number of aromatic nitrogens is 1. The van der Waals surface area contributed by atoms with Crippen LogP contribution in [0.25, 0.3) is 11.5 Å².